The van der Waals surface area contributed by atoms with Crippen LogP contribution in [0.15, 0.2) is 147 Å². The standard InChI is InChI=1S/C30H28F2N4O2.C27H24F2N4O2/c1-30(2)37-18-25(38-30)7-4-19-10-21(26-8-6-24(31)13-28(26)32)12-22(11-19)27-15-34-36-17-20(5-9-29(27)36)23-14-33-35(3)16-23;1-32-14-21(12-30-32)18-3-7-27-25(13-31-33(27)15-18)20-9-17(2-5-23(35)16-34)8-19(10-20)24-6-4-22(28)11-26(24)29/h5-6,8-17,25H,4,7,18H2,1-3H3;3-4,6-15,23,34-35H,2,5,16H2,1H3. The Bertz CT molecular complexity index is 3620. The minimum Gasteiger partial charge on any atom is -0.394 e. The topological polar surface area (TPSA) is 129 Å². The number of ether oxygens (including phenoxy) is 2. The van der Waals surface area contributed by atoms with E-state index in [2.05, 4.69) is 26.5 Å². The van der Waals surface area contributed by atoms with Gasteiger partial charge in [-0.15, -0.1) is 0 Å². The Kier molecular flexibility index (Phi) is 13.6. The van der Waals surface area contributed by atoms with E-state index >= 15 is 0 Å². The van der Waals surface area contributed by atoms with Crippen molar-refractivity contribution in [3.63, 3.8) is 0 Å². The monoisotopic (exact) mass is 988 g/mol. The second-order valence-electron chi connectivity index (χ2n) is 18.9. The SMILES string of the molecule is Cn1cc(-c2ccc3c(-c4cc(CCC(O)CO)cc(-c5ccc(F)cc5F)c4)cnn3c2)cn1.Cn1cc(-c2ccc3c(-c4cc(CCC5COC(C)(C)O5)cc(-c5ccc(F)cc5F)c4)cnn3c2)cn1. The zero-order valence-electron chi connectivity index (χ0n) is 40.6. The molecule has 0 spiro atoms. The average molecular weight is 989 g/mol. The molecule has 11 rings (SSSR count). The number of hydrogen-bond donors (Lipinski definition) is 2. The van der Waals surface area contributed by atoms with Crippen molar-refractivity contribution in [1.82, 2.24) is 38.8 Å². The van der Waals surface area contributed by atoms with Gasteiger partial charge in [0.2, 0.25) is 0 Å². The molecule has 0 aliphatic carbocycles. The van der Waals surface area contributed by atoms with Crippen molar-refractivity contribution in [1.29, 1.82) is 0 Å². The fourth-order valence-electron chi connectivity index (χ4n) is 9.29. The van der Waals surface area contributed by atoms with Gasteiger partial charge in [0, 0.05) is 95.5 Å². The Hall–Kier alpha value is -7.76. The van der Waals surface area contributed by atoms with Crippen molar-refractivity contribution in [3.05, 3.63) is 181 Å². The van der Waals surface area contributed by atoms with Gasteiger partial charge in [-0.1, -0.05) is 36.4 Å². The fourth-order valence-corrected chi connectivity index (χ4v) is 9.29. The summed E-state index contributed by atoms with van der Waals surface area (Å²) in [6.45, 7) is 4.04. The van der Waals surface area contributed by atoms with Gasteiger partial charge >= 0.3 is 0 Å². The molecule has 1 aliphatic rings. The summed E-state index contributed by atoms with van der Waals surface area (Å²) in [6.07, 6.45) is 16.4. The number of aliphatic hydroxyl groups is 2. The molecule has 0 bridgehead atoms. The third kappa shape index (κ3) is 10.9. The van der Waals surface area contributed by atoms with E-state index in [-0.39, 0.29) is 18.3 Å². The van der Waals surface area contributed by atoms with Crippen LogP contribution in [0.4, 0.5) is 17.6 Å². The van der Waals surface area contributed by atoms with E-state index < -0.39 is 35.2 Å². The Morgan fingerprint density at radius 3 is 1.47 bits per heavy atom. The molecule has 12 nitrogen and oxygen atoms in total. The third-order valence-corrected chi connectivity index (χ3v) is 13.0. The molecule has 4 aromatic carbocycles. The predicted octanol–water partition coefficient (Wildman–Crippen LogP) is 11.1. The predicted molar refractivity (Wildman–Crippen MR) is 271 cm³/mol. The third-order valence-electron chi connectivity index (χ3n) is 13.0. The molecule has 2 atom stereocenters. The lowest BCUT2D eigenvalue weighted by Crippen LogP contribution is -2.21. The maximum atomic E-state index is 14.8. The van der Waals surface area contributed by atoms with Crippen molar-refractivity contribution in [2.45, 2.75) is 57.5 Å². The smallest absolute Gasteiger partial charge is 0.163 e. The summed E-state index contributed by atoms with van der Waals surface area (Å²) >= 11 is 0. The van der Waals surface area contributed by atoms with Gasteiger partial charge in [-0.3, -0.25) is 9.36 Å². The highest BCUT2D eigenvalue weighted by Crippen LogP contribution is 2.36. The summed E-state index contributed by atoms with van der Waals surface area (Å²) < 4.78 is 75.5. The second kappa shape index (κ2) is 20.4. The molecule has 372 valence electrons. The molecule has 10 aromatic rings. The minimum atomic E-state index is -0.840. The summed E-state index contributed by atoms with van der Waals surface area (Å²) in [5.41, 5.74) is 13.1. The van der Waals surface area contributed by atoms with Crippen molar-refractivity contribution in [2.75, 3.05) is 13.2 Å². The number of hydrogen-bond acceptors (Lipinski definition) is 8. The molecular formula is C57H52F4N8O4. The zero-order chi connectivity index (χ0) is 51.0. The lowest BCUT2D eigenvalue weighted by Gasteiger charge is -2.17. The van der Waals surface area contributed by atoms with Gasteiger partial charge in [0.05, 0.1) is 61.2 Å². The fraction of sp³-hybridized carbons (Fsp3) is 0.228. The Morgan fingerprint density at radius 2 is 1.04 bits per heavy atom. The van der Waals surface area contributed by atoms with E-state index in [1.807, 2.05) is 124 Å². The van der Waals surface area contributed by atoms with Crippen LogP contribution < -0.4 is 0 Å². The van der Waals surface area contributed by atoms with Gasteiger partial charge in [0.15, 0.2) is 5.79 Å². The number of benzene rings is 4. The summed E-state index contributed by atoms with van der Waals surface area (Å²) in [7, 11) is 3.75. The first-order valence-corrected chi connectivity index (χ1v) is 23.9. The quantitative estimate of drug-likeness (QED) is 0.109. The van der Waals surface area contributed by atoms with Crippen LogP contribution in [-0.4, -0.2) is 80.2 Å². The van der Waals surface area contributed by atoms with Crippen molar-refractivity contribution in [3.8, 4) is 66.8 Å². The highest BCUT2D eigenvalue weighted by molar-refractivity contribution is 5.86. The highest BCUT2D eigenvalue weighted by Gasteiger charge is 2.32. The Morgan fingerprint density at radius 1 is 0.562 bits per heavy atom. The second-order valence-corrected chi connectivity index (χ2v) is 18.9. The normalized spacial score (nSPS) is 14.7. The van der Waals surface area contributed by atoms with E-state index in [1.54, 1.807) is 26.3 Å². The molecule has 0 amide bonds. The first-order valence-electron chi connectivity index (χ1n) is 23.9. The number of aryl methyl sites for hydroxylation is 4. The lowest BCUT2D eigenvalue weighted by atomic mass is 9.94. The molecule has 7 heterocycles. The highest BCUT2D eigenvalue weighted by atomic mass is 19.1. The van der Waals surface area contributed by atoms with Crippen LogP contribution in [0.5, 0.6) is 0 Å². The van der Waals surface area contributed by atoms with Gasteiger partial charge in [0.1, 0.15) is 23.3 Å². The zero-order valence-corrected chi connectivity index (χ0v) is 40.6. The molecule has 0 saturated carbocycles. The summed E-state index contributed by atoms with van der Waals surface area (Å²) in [5.74, 6) is -3.06. The molecule has 0 radical (unpaired) electrons. The van der Waals surface area contributed by atoms with Crippen LogP contribution in [-0.2, 0) is 36.4 Å². The molecule has 1 saturated heterocycles. The summed E-state index contributed by atoms with van der Waals surface area (Å²) in [6, 6.07) is 26.9. The minimum absolute atomic E-state index is 0.0115. The number of nitrogens with zero attached hydrogens (tertiary/aromatic N) is 8. The molecule has 16 heteroatoms. The Balaban J connectivity index is 0.000000168. The van der Waals surface area contributed by atoms with Crippen LogP contribution in [0.2, 0.25) is 0 Å². The molecule has 73 heavy (non-hydrogen) atoms. The van der Waals surface area contributed by atoms with Crippen molar-refractivity contribution in [2.24, 2.45) is 14.1 Å². The van der Waals surface area contributed by atoms with Gasteiger partial charge < -0.3 is 19.7 Å². The average Bonchev–Trinajstić information content (AvgIpc) is 4.24. The van der Waals surface area contributed by atoms with E-state index in [0.717, 1.165) is 91.6 Å². The van der Waals surface area contributed by atoms with E-state index in [1.165, 1.54) is 24.3 Å². The van der Waals surface area contributed by atoms with Crippen LogP contribution in [0, 0.1) is 23.3 Å². The molecular weight excluding hydrogens is 937 g/mol. The van der Waals surface area contributed by atoms with E-state index in [0.29, 0.717) is 36.1 Å². The van der Waals surface area contributed by atoms with Crippen molar-refractivity contribution < 1.29 is 37.2 Å². The number of pyridine rings is 2. The number of fused-ring (bicyclic) bond motifs is 2. The first kappa shape index (κ1) is 48.8. The van der Waals surface area contributed by atoms with Gasteiger partial charge in [0.25, 0.3) is 0 Å². The summed E-state index contributed by atoms with van der Waals surface area (Å²) in [5, 5.41) is 36.6. The largest absolute Gasteiger partial charge is 0.394 e. The lowest BCUT2D eigenvalue weighted by molar-refractivity contribution is -0.138. The van der Waals surface area contributed by atoms with Crippen molar-refractivity contribution >= 4 is 11.0 Å². The molecule has 1 aliphatic heterocycles. The van der Waals surface area contributed by atoms with Gasteiger partial charge in [-0.25, -0.2) is 26.6 Å². The Labute approximate surface area is 418 Å². The van der Waals surface area contributed by atoms with Gasteiger partial charge in [-0.2, -0.15) is 20.4 Å². The molecule has 6 aromatic heterocycles. The number of aliphatic hydroxyl groups excluding tert-OH is 2. The maximum Gasteiger partial charge on any atom is 0.163 e. The number of rotatable bonds is 13. The first-order chi connectivity index (χ1) is 35.1. The number of aromatic nitrogens is 8. The van der Waals surface area contributed by atoms with E-state index in [9.17, 15) is 27.8 Å². The van der Waals surface area contributed by atoms with Crippen LogP contribution in [0.25, 0.3) is 77.8 Å². The van der Waals surface area contributed by atoms with Crippen LogP contribution >= 0.6 is 0 Å². The van der Waals surface area contributed by atoms with Gasteiger partial charge in [-0.05, 0) is 121 Å². The van der Waals surface area contributed by atoms with Crippen LogP contribution in [0.1, 0.15) is 37.8 Å². The van der Waals surface area contributed by atoms with E-state index in [4.69, 9.17) is 9.47 Å². The molecule has 2 N–H and O–H groups in total. The molecule has 2 unspecified atom stereocenters. The molecule has 1 fully saturated rings. The van der Waals surface area contributed by atoms with Crippen LogP contribution in [0.3, 0.4) is 0 Å². The number of halogens is 4. The summed E-state index contributed by atoms with van der Waals surface area (Å²) in [4.78, 5) is 0. The maximum absolute atomic E-state index is 14.8.